The van der Waals surface area contributed by atoms with E-state index in [1.54, 1.807) is 58.4 Å². The lowest BCUT2D eigenvalue weighted by molar-refractivity contribution is 0.220. The first-order chi connectivity index (χ1) is 32.1. The fourth-order valence-corrected chi connectivity index (χ4v) is 10.3. The highest BCUT2D eigenvalue weighted by atomic mass is 15.2. The van der Waals surface area contributed by atoms with Crippen LogP contribution in [0, 0.1) is 82.9 Å². The van der Waals surface area contributed by atoms with Crippen LogP contribution in [0.15, 0.2) is 44.6 Å². The molecule has 0 saturated heterocycles. The number of hydrogen-bond acceptors (Lipinski definition) is 4. The van der Waals surface area contributed by atoms with Crippen LogP contribution in [-0.4, -0.2) is 96.1 Å². The molecule has 4 aliphatic heterocycles. The summed E-state index contributed by atoms with van der Waals surface area (Å²) >= 11 is 0. The predicted molar refractivity (Wildman–Crippen MR) is 311 cm³/mol. The lowest BCUT2D eigenvalue weighted by atomic mass is 9.85. The fourth-order valence-electron chi connectivity index (χ4n) is 10.3. The van der Waals surface area contributed by atoms with Gasteiger partial charge in [-0.1, -0.05) is 167 Å². The Morgan fingerprint density at radius 1 is 0.261 bits per heavy atom. The van der Waals surface area contributed by atoms with Crippen LogP contribution in [0.4, 0.5) is 0 Å². The molecule has 4 nitrogen and oxygen atoms in total. The zero-order chi connectivity index (χ0) is 53.3. The largest absolute Gasteiger partial charge is 0.300 e. The van der Waals surface area contributed by atoms with Crippen molar-refractivity contribution in [3.05, 3.63) is 44.6 Å². The second-order valence-corrected chi connectivity index (χ2v) is 24.0. The third kappa shape index (κ3) is 24.6. The standard InChI is InChI=1S/2C15H29N.C14H27N.C13H25N.C8H6/c1-11(2)14-7-9-16(13(5)6)10-8-15(14)12(3)4;1-11(2)14-8-7-9-16(13(5)6)10-15(14)12(3)4;1-10(2)13-7-8-15(12(5)6)9-14(13)11(3)4;1-9(2)12-7-14(11(5)6)8-13(12)10(3)4;1-3-5-7-8-6-4-2/h2*11-13H,7-10H2,1-6H3;10-12H,7-9H2,1-6H3;9-11H,7-8H2,1-6H3;1-2H3. The summed E-state index contributed by atoms with van der Waals surface area (Å²) in [5.74, 6) is 21.3. The average molecular weight is 954 g/mol. The Hall–Kier alpha value is -2.52. The number of hydrogen-bond donors (Lipinski definition) is 0. The molecule has 396 valence electrons. The van der Waals surface area contributed by atoms with Crippen molar-refractivity contribution < 1.29 is 0 Å². The van der Waals surface area contributed by atoms with Crippen LogP contribution in [0.1, 0.15) is 212 Å². The SMILES string of the molecule is CC#CC#CC#CC.CC(C)C1=C(C(C)C)CCN(C(C)C)CC1.CC(C)C1=C(C(C)C)CN(C(C)C)C1.CC(C)C1=C(C(C)C)CN(C(C)C)CC1.CC(C)C1=C(C(C)C)CN(C(C)C)CCC1. The zero-order valence-electron chi connectivity index (χ0n) is 50.9. The van der Waals surface area contributed by atoms with E-state index in [9.17, 15) is 0 Å². The Morgan fingerprint density at radius 3 is 0.768 bits per heavy atom. The van der Waals surface area contributed by atoms with E-state index >= 15 is 0 Å². The summed E-state index contributed by atoms with van der Waals surface area (Å²) in [5, 5.41) is 0. The van der Waals surface area contributed by atoms with Crippen LogP contribution < -0.4 is 0 Å². The van der Waals surface area contributed by atoms with Gasteiger partial charge < -0.3 is 4.90 Å². The summed E-state index contributed by atoms with van der Waals surface area (Å²) in [5.41, 5.74) is 13.7. The van der Waals surface area contributed by atoms with Gasteiger partial charge in [-0.05, 0) is 179 Å². The molecular weight excluding hydrogens is 837 g/mol. The monoisotopic (exact) mass is 953 g/mol. The summed E-state index contributed by atoms with van der Waals surface area (Å²) in [6.45, 7) is 69.2. The first-order valence-electron chi connectivity index (χ1n) is 28.3. The van der Waals surface area contributed by atoms with E-state index in [-0.39, 0.29) is 0 Å². The maximum absolute atomic E-state index is 2.64. The molecule has 0 saturated carbocycles. The van der Waals surface area contributed by atoms with Crippen LogP contribution in [0.2, 0.25) is 0 Å². The summed E-state index contributed by atoms with van der Waals surface area (Å²) in [6.07, 6.45) is 6.49. The normalized spacial score (nSPS) is 18.0. The smallest absolute Gasteiger partial charge is 0.0204 e. The molecule has 0 aromatic carbocycles. The first-order valence-corrected chi connectivity index (χ1v) is 28.3. The fraction of sp³-hybridized carbons (Fsp3) is 0.785. The van der Waals surface area contributed by atoms with Gasteiger partial charge in [0, 0.05) is 70.0 Å². The summed E-state index contributed by atoms with van der Waals surface area (Å²) in [4.78, 5) is 10.4. The van der Waals surface area contributed by atoms with Gasteiger partial charge in [-0.3, -0.25) is 14.7 Å². The van der Waals surface area contributed by atoms with Crippen LogP contribution in [0.5, 0.6) is 0 Å². The van der Waals surface area contributed by atoms with Gasteiger partial charge in [0.2, 0.25) is 0 Å². The molecule has 0 unspecified atom stereocenters. The summed E-state index contributed by atoms with van der Waals surface area (Å²) in [7, 11) is 0. The van der Waals surface area contributed by atoms with Gasteiger partial charge in [-0.25, -0.2) is 0 Å². The Labute approximate surface area is 433 Å². The maximum Gasteiger partial charge on any atom is 0.0204 e. The van der Waals surface area contributed by atoms with E-state index in [2.05, 4.69) is 221 Å². The molecule has 0 aliphatic carbocycles. The Kier molecular flexibility index (Phi) is 33.5. The zero-order valence-corrected chi connectivity index (χ0v) is 50.9. The van der Waals surface area contributed by atoms with Crippen molar-refractivity contribution in [1.29, 1.82) is 0 Å². The summed E-state index contributed by atoms with van der Waals surface area (Å²) in [6, 6.07) is 2.74. The molecule has 0 spiro atoms. The second kappa shape index (κ2) is 34.8. The van der Waals surface area contributed by atoms with Crippen LogP contribution in [0.3, 0.4) is 0 Å². The van der Waals surface area contributed by atoms with Crippen LogP contribution >= 0.6 is 0 Å². The van der Waals surface area contributed by atoms with Crippen molar-refractivity contribution in [2.75, 3.05) is 52.4 Å². The highest BCUT2D eigenvalue weighted by Gasteiger charge is 2.27. The van der Waals surface area contributed by atoms with Crippen molar-refractivity contribution in [1.82, 2.24) is 19.6 Å². The minimum Gasteiger partial charge on any atom is -0.300 e. The minimum absolute atomic E-state index is 0.681. The molecule has 69 heavy (non-hydrogen) atoms. The summed E-state index contributed by atoms with van der Waals surface area (Å²) < 4.78 is 0. The lowest BCUT2D eigenvalue weighted by Crippen LogP contribution is -2.38. The molecule has 4 rings (SSSR count). The quantitative estimate of drug-likeness (QED) is 0.143. The molecule has 0 aromatic heterocycles. The molecule has 0 fully saturated rings. The van der Waals surface area contributed by atoms with Crippen molar-refractivity contribution in [2.24, 2.45) is 47.3 Å². The van der Waals surface area contributed by atoms with E-state index in [0.717, 1.165) is 35.5 Å². The molecule has 4 aliphatic rings. The molecule has 0 amide bonds. The second-order valence-electron chi connectivity index (χ2n) is 24.0. The van der Waals surface area contributed by atoms with Gasteiger partial charge in [0.15, 0.2) is 0 Å². The van der Waals surface area contributed by atoms with E-state index in [1.165, 1.54) is 84.5 Å². The number of allylic oxidation sites excluding steroid dienone is 1. The topological polar surface area (TPSA) is 13.0 Å². The Balaban J connectivity index is 0.000000851. The van der Waals surface area contributed by atoms with Gasteiger partial charge in [-0.15, -0.1) is 0 Å². The highest BCUT2D eigenvalue weighted by molar-refractivity contribution is 5.34. The molecule has 0 bridgehead atoms. The van der Waals surface area contributed by atoms with Gasteiger partial charge in [0.25, 0.3) is 0 Å². The van der Waals surface area contributed by atoms with E-state index in [0.29, 0.717) is 36.0 Å². The molecule has 0 radical (unpaired) electrons. The van der Waals surface area contributed by atoms with Gasteiger partial charge in [0.05, 0.1) is 0 Å². The van der Waals surface area contributed by atoms with Gasteiger partial charge >= 0.3 is 0 Å². The lowest BCUT2D eigenvalue weighted by Gasteiger charge is -2.36. The maximum atomic E-state index is 2.64. The Bertz CT molecular complexity index is 1720. The third-order valence-electron chi connectivity index (χ3n) is 15.0. The van der Waals surface area contributed by atoms with Gasteiger partial charge in [0.1, 0.15) is 0 Å². The average Bonchev–Trinajstić information content (AvgIpc) is 3.43. The molecular formula is C65H116N4. The van der Waals surface area contributed by atoms with Crippen molar-refractivity contribution in [3.63, 3.8) is 0 Å². The molecule has 4 heteroatoms. The highest BCUT2D eigenvalue weighted by Crippen LogP contribution is 2.33. The van der Waals surface area contributed by atoms with Crippen molar-refractivity contribution >= 4 is 0 Å². The van der Waals surface area contributed by atoms with Crippen molar-refractivity contribution in [2.45, 2.75) is 236 Å². The van der Waals surface area contributed by atoms with Crippen LogP contribution in [0.25, 0.3) is 0 Å². The molecule has 0 aromatic rings. The predicted octanol–water partition coefficient (Wildman–Crippen LogP) is 16.3. The van der Waals surface area contributed by atoms with Crippen molar-refractivity contribution in [3.8, 4) is 35.5 Å². The molecule has 0 N–H and O–H groups in total. The van der Waals surface area contributed by atoms with E-state index in [1.807, 2.05) is 0 Å². The van der Waals surface area contributed by atoms with E-state index < -0.39 is 0 Å². The third-order valence-corrected chi connectivity index (χ3v) is 15.0. The minimum atomic E-state index is 0.681. The van der Waals surface area contributed by atoms with E-state index in [4.69, 9.17) is 0 Å². The van der Waals surface area contributed by atoms with Crippen LogP contribution in [-0.2, 0) is 0 Å². The molecule has 0 atom stereocenters. The Morgan fingerprint density at radius 2 is 0.493 bits per heavy atom. The first kappa shape index (κ1) is 66.5. The molecule has 4 heterocycles. The van der Waals surface area contributed by atoms with Gasteiger partial charge in [-0.2, -0.15) is 0 Å². The number of nitrogens with zero attached hydrogens (tertiary/aromatic N) is 4. The number of rotatable bonds is 12.